The van der Waals surface area contributed by atoms with E-state index >= 15 is 0 Å². The van der Waals surface area contributed by atoms with Gasteiger partial charge in [-0.1, -0.05) is 87.5 Å². The first kappa shape index (κ1) is 25.5. The van der Waals surface area contributed by atoms with Crippen molar-refractivity contribution in [3.8, 4) is 22.3 Å². The summed E-state index contributed by atoms with van der Waals surface area (Å²) in [6.45, 7) is 19.4. The molecule has 0 aromatic heterocycles. The van der Waals surface area contributed by atoms with E-state index in [2.05, 4.69) is 135 Å². The van der Waals surface area contributed by atoms with Crippen LogP contribution in [0.15, 0.2) is 72.8 Å². The molecule has 3 aromatic carbocycles. The van der Waals surface area contributed by atoms with E-state index in [-0.39, 0.29) is 16.6 Å². The summed E-state index contributed by atoms with van der Waals surface area (Å²) < 4.78 is 12.9. The van der Waals surface area contributed by atoms with Gasteiger partial charge in [0.05, 0.1) is 11.2 Å². The maximum Gasteiger partial charge on any atom is 0.494 e. The first-order valence-corrected chi connectivity index (χ1v) is 12.7. The van der Waals surface area contributed by atoms with Crippen molar-refractivity contribution >= 4 is 18.2 Å². The monoisotopic (exact) mass is 466 g/mol. The molecule has 0 unspecified atom stereocenters. The predicted octanol–water partition coefficient (Wildman–Crippen LogP) is 8.04. The minimum atomic E-state index is -0.405. The highest BCUT2D eigenvalue weighted by molar-refractivity contribution is 6.62. The standard InChI is InChI=1S/C32H39BO2/c1-10-22(2)23-11-13-24(14-12-23)26-19-27(25-15-17-28(18-16-25)30(3,4)5)21-29(20-26)33-34-31(6,7)32(8,9)35-33/h10-21H,1-9H3/b22-10+. The van der Waals surface area contributed by atoms with Crippen LogP contribution < -0.4 is 5.46 Å². The fourth-order valence-corrected chi connectivity index (χ4v) is 4.36. The Morgan fingerprint density at radius 2 is 1.17 bits per heavy atom. The lowest BCUT2D eigenvalue weighted by atomic mass is 9.76. The lowest BCUT2D eigenvalue weighted by Crippen LogP contribution is -2.41. The number of allylic oxidation sites excluding steroid dienone is 2. The number of hydrogen-bond acceptors (Lipinski definition) is 2. The van der Waals surface area contributed by atoms with Crippen LogP contribution in [0.25, 0.3) is 27.8 Å². The summed E-state index contributed by atoms with van der Waals surface area (Å²) in [7, 11) is -0.405. The van der Waals surface area contributed by atoms with Gasteiger partial charge in [0.1, 0.15) is 0 Å². The second-order valence-electron chi connectivity index (χ2n) is 11.8. The average Bonchev–Trinajstić information content (AvgIpc) is 3.04. The SMILES string of the molecule is C/C=C(\C)c1ccc(-c2cc(B3OC(C)(C)C(C)(C)O3)cc(-c3ccc(C(C)(C)C)cc3)c2)cc1. The fraction of sp³-hybridized carbons (Fsp3) is 0.375. The molecular formula is C32H39BO2. The summed E-state index contributed by atoms with van der Waals surface area (Å²) in [4.78, 5) is 0. The molecule has 35 heavy (non-hydrogen) atoms. The summed E-state index contributed by atoms with van der Waals surface area (Å²) in [5.41, 5.74) is 8.98. The second kappa shape index (κ2) is 9.11. The predicted molar refractivity (Wildman–Crippen MR) is 151 cm³/mol. The molecule has 0 bridgehead atoms. The molecule has 1 aliphatic rings. The third kappa shape index (κ3) is 5.17. The van der Waals surface area contributed by atoms with Gasteiger partial charge >= 0.3 is 7.12 Å². The number of rotatable bonds is 4. The van der Waals surface area contributed by atoms with Crippen LogP contribution in [-0.4, -0.2) is 18.3 Å². The smallest absolute Gasteiger partial charge is 0.399 e. The molecule has 3 heteroatoms. The largest absolute Gasteiger partial charge is 0.494 e. The lowest BCUT2D eigenvalue weighted by Gasteiger charge is -2.32. The van der Waals surface area contributed by atoms with E-state index < -0.39 is 7.12 Å². The molecule has 1 fully saturated rings. The topological polar surface area (TPSA) is 18.5 Å². The summed E-state index contributed by atoms with van der Waals surface area (Å²) >= 11 is 0. The highest BCUT2D eigenvalue weighted by Crippen LogP contribution is 2.37. The van der Waals surface area contributed by atoms with Gasteiger partial charge < -0.3 is 9.31 Å². The zero-order chi connectivity index (χ0) is 25.6. The zero-order valence-electron chi connectivity index (χ0n) is 22.8. The first-order chi connectivity index (χ1) is 16.3. The van der Waals surface area contributed by atoms with Crippen molar-refractivity contribution in [1.82, 2.24) is 0 Å². The lowest BCUT2D eigenvalue weighted by molar-refractivity contribution is 0.00578. The minimum Gasteiger partial charge on any atom is -0.399 e. The van der Waals surface area contributed by atoms with Crippen LogP contribution in [0.5, 0.6) is 0 Å². The van der Waals surface area contributed by atoms with Crippen LogP contribution >= 0.6 is 0 Å². The van der Waals surface area contributed by atoms with Crippen molar-refractivity contribution < 1.29 is 9.31 Å². The van der Waals surface area contributed by atoms with Gasteiger partial charge in [0.2, 0.25) is 0 Å². The Morgan fingerprint density at radius 1 is 0.714 bits per heavy atom. The molecule has 0 spiro atoms. The van der Waals surface area contributed by atoms with Crippen molar-refractivity contribution in [2.75, 3.05) is 0 Å². The van der Waals surface area contributed by atoms with E-state index in [0.29, 0.717) is 0 Å². The summed E-state index contributed by atoms with van der Waals surface area (Å²) in [5.74, 6) is 0. The Hall–Kier alpha value is -2.62. The molecule has 0 N–H and O–H groups in total. The molecule has 2 nitrogen and oxygen atoms in total. The van der Waals surface area contributed by atoms with Gasteiger partial charge in [-0.2, -0.15) is 0 Å². The van der Waals surface area contributed by atoms with Gasteiger partial charge in [-0.25, -0.2) is 0 Å². The Kier molecular flexibility index (Phi) is 6.63. The highest BCUT2D eigenvalue weighted by atomic mass is 16.7. The van der Waals surface area contributed by atoms with Crippen molar-refractivity contribution in [2.24, 2.45) is 0 Å². The normalized spacial score (nSPS) is 17.6. The van der Waals surface area contributed by atoms with E-state index in [9.17, 15) is 0 Å². The van der Waals surface area contributed by atoms with E-state index in [1.165, 1.54) is 33.4 Å². The molecule has 0 saturated carbocycles. The van der Waals surface area contributed by atoms with Gasteiger partial charge in [0.15, 0.2) is 0 Å². The summed E-state index contributed by atoms with van der Waals surface area (Å²) in [6, 6.07) is 24.5. The molecule has 0 radical (unpaired) electrons. The molecule has 1 aliphatic heterocycles. The number of hydrogen-bond donors (Lipinski definition) is 0. The van der Waals surface area contributed by atoms with Crippen molar-refractivity contribution in [3.05, 3.63) is 83.9 Å². The second-order valence-corrected chi connectivity index (χ2v) is 11.8. The fourth-order valence-electron chi connectivity index (χ4n) is 4.36. The summed E-state index contributed by atoms with van der Waals surface area (Å²) in [6.07, 6.45) is 2.15. The van der Waals surface area contributed by atoms with Crippen LogP contribution in [0.3, 0.4) is 0 Å². The quantitative estimate of drug-likeness (QED) is 0.362. The van der Waals surface area contributed by atoms with E-state index in [1.54, 1.807) is 0 Å². The van der Waals surface area contributed by atoms with Crippen LogP contribution in [0, 0.1) is 0 Å². The molecule has 4 rings (SSSR count). The maximum atomic E-state index is 6.43. The average molecular weight is 466 g/mol. The highest BCUT2D eigenvalue weighted by Gasteiger charge is 2.51. The molecule has 1 saturated heterocycles. The number of benzene rings is 3. The molecule has 0 amide bonds. The van der Waals surface area contributed by atoms with Crippen molar-refractivity contribution in [1.29, 1.82) is 0 Å². The Labute approximate surface area is 212 Å². The third-order valence-electron chi connectivity index (χ3n) is 7.67. The molecule has 3 aromatic rings. The first-order valence-electron chi connectivity index (χ1n) is 12.7. The summed E-state index contributed by atoms with van der Waals surface area (Å²) in [5, 5.41) is 0. The van der Waals surface area contributed by atoms with Gasteiger partial charge in [-0.15, -0.1) is 0 Å². The van der Waals surface area contributed by atoms with E-state index in [4.69, 9.17) is 9.31 Å². The molecule has 1 heterocycles. The van der Waals surface area contributed by atoms with Crippen LogP contribution in [0.2, 0.25) is 0 Å². The van der Waals surface area contributed by atoms with Crippen molar-refractivity contribution in [3.63, 3.8) is 0 Å². The van der Waals surface area contributed by atoms with Gasteiger partial charge in [0, 0.05) is 0 Å². The molecule has 0 atom stereocenters. The Morgan fingerprint density at radius 3 is 1.60 bits per heavy atom. The Bertz CT molecular complexity index is 1210. The van der Waals surface area contributed by atoms with E-state index in [1.807, 2.05) is 0 Å². The van der Waals surface area contributed by atoms with Crippen LogP contribution in [0.4, 0.5) is 0 Å². The van der Waals surface area contributed by atoms with Gasteiger partial charge in [-0.05, 0) is 97.4 Å². The molecular weight excluding hydrogens is 427 g/mol. The zero-order valence-corrected chi connectivity index (χ0v) is 22.8. The Balaban J connectivity index is 1.80. The maximum absolute atomic E-state index is 6.43. The van der Waals surface area contributed by atoms with Crippen molar-refractivity contribution in [2.45, 2.75) is 78.9 Å². The van der Waals surface area contributed by atoms with Crippen LogP contribution in [0.1, 0.15) is 73.4 Å². The molecule has 0 aliphatic carbocycles. The minimum absolute atomic E-state index is 0.126. The van der Waals surface area contributed by atoms with Gasteiger partial charge in [0.25, 0.3) is 0 Å². The van der Waals surface area contributed by atoms with E-state index in [0.717, 1.165) is 11.0 Å². The molecule has 182 valence electrons. The van der Waals surface area contributed by atoms with Crippen LogP contribution in [-0.2, 0) is 14.7 Å². The van der Waals surface area contributed by atoms with Gasteiger partial charge in [-0.3, -0.25) is 0 Å². The third-order valence-corrected chi connectivity index (χ3v) is 7.67.